The van der Waals surface area contributed by atoms with E-state index < -0.39 is 5.54 Å². The minimum absolute atomic E-state index is 0.0511. The zero-order chi connectivity index (χ0) is 26.3. The van der Waals surface area contributed by atoms with Crippen LogP contribution in [0, 0.1) is 6.92 Å². The van der Waals surface area contributed by atoms with Gasteiger partial charge in [0, 0.05) is 35.4 Å². The number of amides is 2. The van der Waals surface area contributed by atoms with Gasteiger partial charge in [-0.05, 0) is 74.5 Å². The molecule has 4 aromatic rings. The lowest BCUT2D eigenvalue weighted by molar-refractivity contribution is -0.118. The molecule has 0 radical (unpaired) electrons. The van der Waals surface area contributed by atoms with Crippen LogP contribution in [0.4, 0.5) is 5.69 Å². The number of benzene rings is 2. The van der Waals surface area contributed by atoms with Crippen LogP contribution in [0.25, 0.3) is 22.2 Å². The molecule has 0 bridgehead atoms. The summed E-state index contributed by atoms with van der Waals surface area (Å²) in [6, 6.07) is 15.5. The van der Waals surface area contributed by atoms with Gasteiger partial charge in [0.15, 0.2) is 0 Å². The van der Waals surface area contributed by atoms with Crippen LogP contribution in [0.3, 0.4) is 0 Å². The Labute approximate surface area is 221 Å². The predicted molar refractivity (Wildman–Crippen MR) is 148 cm³/mol. The van der Waals surface area contributed by atoms with E-state index >= 15 is 0 Å². The number of fused-ring (bicyclic) bond motifs is 1. The summed E-state index contributed by atoms with van der Waals surface area (Å²) in [4.78, 5) is 31.3. The molecule has 2 fully saturated rings. The van der Waals surface area contributed by atoms with Crippen LogP contribution in [0.5, 0.6) is 0 Å². The molecule has 1 saturated carbocycles. The Kier molecular flexibility index (Phi) is 6.19. The van der Waals surface area contributed by atoms with Gasteiger partial charge < -0.3 is 16.0 Å². The molecule has 2 aliphatic rings. The molecule has 1 atom stereocenters. The van der Waals surface area contributed by atoms with Gasteiger partial charge in [0.25, 0.3) is 5.91 Å². The molecule has 6 rings (SSSR count). The third-order valence-electron chi connectivity index (χ3n) is 7.71. The monoisotopic (exact) mass is 508 g/mol. The number of para-hydroxylation sites is 1. The summed E-state index contributed by atoms with van der Waals surface area (Å²) in [5.41, 5.74) is 5.34. The maximum absolute atomic E-state index is 13.7. The van der Waals surface area contributed by atoms with Crippen LogP contribution in [0.2, 0.25) is 0 Å². The topological polar surface area (TPSA) is 101 Å². The van der Waals surface area contributed by atoms with Crippen molar-refractivity contribution in [3.05, 3.63) is 77.6 Å². The maximum Gasteiger partial charge on any atom is 0.252 e. The third kappa shape index (κ3) is 4.67. The van der Waals surface area contributed by atoms with E-state index in [9.17, 15) is 9.59 Å². The fourth-order valence-electron chi connectivity index (χ4n) is 5.39. The number of nitrogens with one attached hydrogen (secondary N) is 3. The first-order valence-electron chi connectivity index (χ1n) is 13.3. The molecule has 194 valence electrons. The second kappa shape index (κ2) is 9.68. The molecule has 1 saturated heterocycles. The van der Waals surface area contributed by atoms with Crippen molar-refractivity contribution in [3.8, 4) is 11.3 Å². The molecule has 2 aromatic heterocycles. The van der Waals surface area contributed by atoms with Crippen LogP contribution in [0.1, 0.15) is 53.6 Å². The Morgan fingerprint density at radius 2 is 1.95 bits per heavy atom. The smallest absolute Gasteiger partial charge is 0.252 e. The lowest BCUT2D eigenvalue weighted by Gasteiger charge is -2.23. The Morgan fingerprint density at radius 1 is 1.11 bits per heavy atom. The van der Waals surface area contributed by atoms with Gasteiger partial charge in [0.05, 0.1) is 29.0 Å². The molecule has 1 aliphatic heterocycles. The molecule has 0 spiro atoms. The number of pyridine rings is 1. The van der Waals surface area contributed by atoms with Gasteiger partial charge in [0.2, 0.25) is 5.91 Å². The zero-order valence-electron chi connectivity index (χ0n) is 21.8. The summed E-state index contributed by atoms with van der Waals surface area (Å²) >= 11 is 0. The second-order valence-corrected chi connectivity index (χ2v) is 10.5. The molecule has 8 nitrogen and oxygen atoms in total. The Morgan fingerprint density at radius 3 is 2.68 bits per heavy atom. The van der Waals surface area contributed by atoms with Crippen molar-refractivity contribution >= 4 is 28.4 Å². The minimum Gasteiger partial charge on any atom is -0.342 e. The lowest BCUT2D eigenvalue weighted by atomic mass is 9.96. The average molecular weight is 509 g/mol. The second-order valence-electron chi connectivity index (χ2n) is 10.5. The predicted octanol–water partition coefficient (Wildman–Crippen LogP) is 4.44. The first-order valence-corrected chi connectivity index (χ1v) is 13.3. The number of aromatic nitrogens is 3. The average Bonchev–Trinajstić information content (AvgIpc) is 3.58. The fraction of sp³-hybridized carbons (Fsp3) is 0.333. The van der Waals surface area contributed by atoms with Crippen molar-refractivity contribution in [1.29, 1.82) is 0 Å². The van der Waals surface area contributed by atoms with Crippen LogP contribution < -0.4 is 16.0 Å². The molecule has 1 aliphatic carbocycles. The van der Waals surface area contributed by atoms with E-state index in [0.717, 1.165) is 71.9 Å². The molecule has 38 heavy (non-hydrogen) atoms. The number of nitrogens with zero attached hydrogens (tertiary/aromatic N) is 3. The highest BCUT2D eigenvalue weighted by Crippen LogP contribution is 2.49. The highest BCUT2D eigenvalue weighted by Gasteiger charge is 2.47. The summed E-state index contributed by atoms with van der Waals surface area (Å²) in [6.07, 6.45) is 8.42. The van der Waals surface area contributed by atoms with E-state index in [1.807, 2.05) is 56.7 Å². The Bertz CT molecular complexity index is 1530. The first-order chi connectivity index (χ1) is 18.4. The number of carbonyl (C=O) groups excluding carboxylic acids is 2. The molecule has 2 amide bonds. The standard InChI is InChI=1S/C30H32N6O2/c1-19-10-11-21(33-29(38)26-9-5-6-14-31-26)15-23(19)28(37)35-30(12-13-30)24-16-27(20-17-32-36(2)18-20)34-25-8-4-3-7-22(24)25/h3-4,7-8,10-11,15-18,26,31H,5-6,9,12-14H2,1-2H3,(H,33,38)(H,35,37). The van der Waals surface area contributed by atoms with E-state index in [2.05, 4.69) is 33.2 Å². The molecule has 1 unspecified atom stereocenters. The zero-order valence-corrected chi connectivity index (χ0v) is 21.8. The SMILES string of the molecule is Cc1ccc(NC(=O)C2CCCCN2)cc1C(=O)NC1(c2cc(-c3cnn(C)c3)nc3ccccc23)CC1. The number of aryl methyl sites for hydroxylation is 2. The van der Waals surface area contributed by atoms with Gasteiger partial charge in [-0.15, -0.1) is 0 Å². The lowest BCUT2D eigenvalue weighted by Crippen LogP contribution is -2.43. The van der Waals surface area contributed by atoms with Gasteiger partial charge in [-0.25, -0.2) is 4.98 Å². The van der Waals surface area contributed by atoms with Crippen LogP contribution in [-0.4, -0.2) is 39.2 Å². The summed E-state index contributed by atoms with van der Waals surface area (Å²) in [7, 11) is 1.89. The number of hydrogen-bond donors (Lipinski definition) is 3. The first kappa shape index (κ1) is 24.3. The van der Waals surface area contributed by atoms with Crippen molar-refractivity contribution in [2.24, 2.45) is 7.05 Å². The molecule has 3 heterocycles. The summed E-state index contributed by atoms with van der Waals surface area (Å²) < 4.78 is 1.76. The molecular formula is C30H32N6O2. The van der Waals surface area contributed by atoms with Gasteiger partial charge in [0.1, 0.15) is 0 Å². The van der Waals surface area contributed by atoms with E-state index in [4.69, 9.17) is 4.98 Å². The van der Waals surface area contributed by atoms with Gasteiger partial charge in [-0.3, -0.25) is 14.3 Å². The van der Waals surface area contributed by atoms with Crippen molar-refractivity contribution in [1.82, 2.24) is 25.4 Å². The van der Waals surface area contributed by atoms with Crippen molar-refractivity contribution in [2.75, 3.05) is 11.9 Å². The van der Waals surface area contributed by atoms with E-state index in [1.165, 1.54) is 0 Å². The molecule has 8 heteroatoms. The van der Waals surface area contributed by atoms with Crippen LogP contribution in [-0.2, 0) is 17.4 Å². The van der Waals surface area contributed by atoms with Crippen molar-refractivity contribution < 1.29 is 9.59 Å². The molecule has 2 aromatic carbocycles. The van der Waals surface area contributed by atoms with Crippen molar-refractivity contribution in [2.45, 2.75) is 50.6 Å². The minimum atomic E-state index is -0.464. The van der Waals surface area contributed by atoms with Crippen LogP contribution >= 0.6 is 0 Å². The molecular weight excluding hydrogens is 476 g/mol. The molecule has 3 N–H and O–H groups in total. The van der Waals surface area contributed by atoms with Crippen LogP contribution in [0.15, 0.2) is 60.9 Å². The van der Waals surface area contributed by atoms with Gasteiger partial charge in [-0.2, -0.15) is 5.10 Å². The highest BCUT2D eigenvalue weighted by atomic mass is 16.2. The quantitative estimate of drug-likeness (QED) is 0.357. The Balaban J connectivity index is 1.29. The van der Waals surface area contributed by atoms with E-state index in [-0.39, 0.29) is 17.9 Å². The number of piperidine rings is 1. The van der Waals surface area contributed by atoms with Crippen molar-refractivity contribution in [3.63, 3.8) is 0 Å². The largest absolute Gasteiger partial charge is 0.342 e. The normalized spacial score (nSPS) is 18.2. The maximum atomic E-state index is 13.7. The van der Waals surface area contributed by atoms with Gasteiger partial charge in [-0.1, -0.05) is 30.7 Å². The van der Waals surface area contributed by atoms with E-state index in [1.54, 1.807) is 10.7 Å². The summed E-state index contributed by atoms with van der Waals surface area (Å²) in [5.74, 6) is -0.194. The fourth-order valence-corrected chi connectivity index (χ4v) is 5.39. The van der Waals surface area contributed by atoms with E-state index in [0.29, 0.717) is 11.3 Å². The number of carbonyl (C=O) groups is 2. The van der Waals surface area contributed by atoms with Gasteiger partial charge >= 0.3 is 0 Å². The number of rotatable bonds is 6. The number of anilines is 1. The number of hydrogen-bond acceptors (Lipinski definition) is 5. The highest BCUT2D eigenvalue weighted by molar-refractivity contribution is 6.00. The summed E-state index contributed by atoms with van der Waals surface area (Å²) in [5, 5.41) is 15.0. The summed E-state index contributed by atoms with van der Waals surface area (Å²) in [6.45, 7) is 2.78. The third-order valence-corrected chi connectivity index (χ3v) is 7.71. The Hall–Kier alpha value is -4.04.